The Balaban J connectivity index is 1.54. The van der Waals surface area contributed by atoms with Crippen molar-refractivity contribution in [3.05, 3.63) is 35.7 Å². The molecule has 0 radical (unpaired) electrons. The molecule has 1 aromatic heterocycles. The highest BCUT2D eigenvalue weighted by Gasteiger charge is 2.63. The zero-order chi connectivity index (χ0) is 20.4. The summed E-state index contributed by atoms with van der Waals surface area (Å²) in [5.41, 5.74) is 3.73. The van der Waals surface area contributed by atoms with Crippen LogP contribution in [0, 0.1) is 34.5 Å². The number of hydrogen-bond acceptors (Lipinski definition) is 4. The van der Waals surface area contributed by atoms with Gasteiger partial charge in [-0.15, -0.1) is 0 Å². The van der Waals surface area contributed by atoms with Gasteiger partial charge in [0.15, 0.2) is 0 Å². The van der Waals surface area contributed by atoms with Crippen LogP contribution in [0.2, 0.25) is 0 Å². The van der Waals surface area contributed by atoms with Crippen LogP contribution in [0.5, 0.6) is 0 Å². The first-order valence-electron chi connectivity index (χ1n) is 11.5. The lowest BCUT2D eigenvalue weighted by molar-refractivity contribution is -0.169. The number of nitrogens with zero attached hydrogens (tertiary/aromatic N) is 1. The van der Waals surface area contributed by atoms with Crippen LogP contribution < -0.4 is 0 Å². The molecule has 3 fully saturated rings. The van der Waals surface area contributed by atoms with E-state index in [1.165, 1.54) is 11.1 Å². The minimum absolute atomic E-state index is 0.147. The van der Waals surface area contributed by atoms with E-state index in [2.05, 4.69) is 24.9 Å². The molecule has 0 saturated heterocycles. The van der Waals surface area contributed by atoms with Crippen molar-refractivity contribution >= 4 is 5.57 Å². The monoisotopic (exact) mass is 397 g/mol. The van der Waals surface area contributed by atoms with Crippen LogP contribution in [0.3, 0.4) is 0 Å². The molecule has 4 aliphatic carbocycles. The van der Waals surface area contributed by atoms with E-state index in [0.29, 0.717) is 17.8 Å². The van der Waals surface area contributed by atoms with E-state index in [1.807, 2.05) is 12.3 Å². The highest BCUT2D eigenvalue weighted by molar-refractivity contribution is 5.75. The van der Waals surface area contributed by atoms with Gasteiger partial charge in [-0.1, -0.05) is 18.6 Å². The molecule has 0 spiro atoms. The number of aromatic nitrogens is 1. The molecule has 1 unspecified atom stereocenters. The number of rotatable bonds is 2. The molecule has 4 nitrogen and oxygen atoms in total. The summed E-state index contributed by atoms with van der Waals surface area (Å²) in [6, 6.07) is 4.10. The van der Waals surface area contributed by atoms with Gasteiger partial charge < -0.3 is 15.3 Å². The fourth-order valence-electron chi connectivity index (χ4n) is 8.26. The first-order valence-corrected chi connectivity index (χ1v) is 11.5. The van der Waals surface area contributed by atoms with Gasteiger partial charge in [0.2, 0.25) is 0 Å². The summed E-state index contributed by atoms with van der Waals surface area (Å²) in [4.78, 5) is 4.35. The highest BCUT2D eigenvalue weighted by Crippen LogP contribution is 2.68. The minimum atomic E-state index is -0.333. The summed E-state index contributed by atoms with van der Waals surface area (Å²) in [5.74, 6) is 1.42. The van der Waals surface area contributed by atoms with E-state index >= 15 is 0 Å². The molecule has 0 aliphatic heterocycles. The largest absolute Gasteiger partial charge is 0.395 e. The molecule has 5 rings (SSSR count). The number of pyridine rings is 1. The summed E-state index contributed by atoms with van der Waals surface area (Å²) >= 11 is 0. The molecule has 158 valence electrons. The molecule has 0 amide bonds. The molecular weight excluding hydrogens is 362 g/mol. The number of hydrogen-bond donors (Lipinski definition) is 3. The van der Waals surface area contributed by atoms with Crippen LogP contribution in [0.15, 0.2) is 30.1 Å². The predicted octanol–water partition coefficient (Wildman–Crippen LogP) is 3.81. The molecule has 8 atom stereocenters. The standard InChI is InChI=1S/C25H35NO3/c1-15-10-20-22-19(24(2)7-5-18(28)11-17(24)12-21(22)29)6-8-25(20,14-27)23(15)16-4-3-9-26-13-16/h3-4,9,13,17-22,27-29H,5-8,10-12,14H2,1-2H3/t17?,18-,19-,20-,21-,22+,24-,25+/m0/s1. The second-order valence-electron chi connectivity index (χ2n) is 10.7. The third kappa shape index (κ3) is 2.72. The Labute approximate surface area is 174 Å². The fraction of sp³-hybridized carbons (Fsp3) is 0.720. The van der Waals surface area contributed by atoms with E-state index in [9.17, 15) is 15.3 Å². The molecule has 1 heterocycles. The Morgan fingerprint density at radius 2 is 1.97 bits per heavy atom. The Bertz CT molecular complexity index is 808. The highest BCUT2D eigenvalue weighted by atomic mass is 16.3. The normalized spacial score (nSPS) is 46.8. The summed E-state index contributed by atoms with van der Waals surface area (Å²) in [6.45, 7) is 4.79. The fourth-order valence-corrected chi connectivity index (χ4v) is 8.26. The van der Waals surface area contributed by atoms with Gasteiger partial charge in [0.1, 0.15) is 0 Å². The van der Waals surface area contributed by atoms with Crippen molar-refractivity contribution in [2.75, 3.05) is 6.61 Å². The predicted molar refractivity (Wildman–Crippen MR) is 113 cm³/mol. The van der Waals surface area contributed by atoms with Crippen molar-refractivity contribution in [3.63, 3.8) is 0 Å². The van der Waals surface area contributed by atoms with Crippen LogP contribution in [-0.4, -0.2) is 39.1 Å². The molecule has 4 heteroatoms. The topological polar surface area (TPSA) is 73.6 Å². The molecular formula is C25H35NO3. The lowest BCUT2D eigenvalue weighted by Crippen LogP contribution is -2.59. The number of aliphatic hydroxyl groups excluding tert-OH is 3. The van der Waals surface area contributed by atoms with Crippen molar-refractivity contribution in [1.82, 2.24) is 4.98 Å². The lowest BCUT2D eigenvalue weighted by Gasteiger charge is -2.62. The maximum absolute atomic E-state index is 11.3. The van der Waals surface area contributed by atoms with Crippen molar-refractivity contribution in [2.45, 2.75) is 71.0 Å². The van der Waals surface area contributed by atoms with E-state index < -0.39 is 0 Å². The molecule has 1 aromatic rings. The van der Waals surface area contributed by atoms with Gasteiger partial charge >= 0.3 is 0 Å². The quantitative estimate of drug-likeness (QED) is 0.709. The van der Waals surface area contributed by atoms with Crippen molar-refractivity contribution < 1.29 is 15.3 Å². The molecule has 0 aromatic carbocycles. The Kier molecular flexibility index (Phi) is 4.69. The number of fused-ring (bicyclic) bond motifs is 5. The maximum Gasteiger partial charge on any atom is 0.0577 e. The molecule has 3 saturated carbocycles. The van der Waals surface area contributed by atoms with E-state index in [0.717, 1.165) is 50.5 Å². The molecule has 4 aliphatic rings. The van der Waals surface area contributed by atoms with Gasteiger partial charge in [-0.25, -0.2) is 0 Å². The minimum Gasteiger partial charge on any atom is -0.395 e. The number of aliphatic hydroxyl groups is 3. The molecule has 0 bridgehead atoms. The Morgan fingerprint density at radius 3 is 2.69 bits per heavy atom. The second kappa shape index (κ2) is 6.90. The first kappa shape index (κ1) is 19.7. The number of allylic oxidation sites excluding steroid dienone is 1. The summed E-state index contributed by atoms with van der Waals surface area (Å²) in [5, 5.41) is 32.3. The van der Waals surface area contributed by atoms with Gasteiger partial charge in [0.05, 0.1) is 18.8 Å². The van der Waals surface area contributed by atoms with Crippen LogP contribution in [0.4, 0.5) is 0 Å². The van der Waals surface area contributed by atoms with Gasteiger partial charge in [0, 0.05) is 17.8 Å². The van der Waals surface area contributed by atoms with Crippen LogP contribution in [0.25, 0.3) is 5.57 Å². The summed E-state index contributed by atoms with van der Waals surface area (Å²) in [7, 11) is 0. The third-order valence-corrected chi connectivity index (χ3v) is 9.55. The SMILES string of the molecule is CC1=C(c2cccnc2)[C@@]2(CO)CC[C@H]3[C@@H]([C@@H](O)CC4C[C@@H](O)CC[C@@]43C)[C@@H]2C1. The van der Waals surface area contributed by atoms with Gasteiger partial charge in [-0.05, 0) is 98.2 Å². The third-order valence-electron chi connectivity index (χ3n) is 9.55. The lowest BCUT2D eigenvalue weighted by atomic mass is 9.43. The second-order valence-corrected chi connectivity index (χ2v) is 10.7. The smallest absolute Gasteiger partial charge is 0.0577 e. The van der Waals surface area contributed by atoms with Crippen molar-refractivity contribution in [1.29, 1.82) is 0 Å². The van der Waals surface area contributed by atoms with Crippen LogP contribution >= 0.6 is 0 Å². The van der Waals surface area contributed by atoms with Crippen molar-refractivity contribution in [2.24, 2.45) is 34.5 Å². The van der Waals surface area contributed by atoms with Gasteiger partial charge in [-0.2, -0.15) is 0 Å². The molecule has 3 N–H and O–H groups in total. The van der Waals surface area contributed by atoms with Gasteiger partial charge in [-0.3, -0.25) is 4.98 Å². The van der Waals surface area contributed by atoms with Crippen molar-refractivity contribution in [3.8, 4) is 0 Å². The zero-order valence-electron chi connectivity index (χ0n) is 17.7. The summed E-state index contributed by atoms with van der Waals surface area (Å²) < 4.78 is 0. The van der Waals surface area contributed by atoms with Crippen LogP contribution in [-0.2, 0) is 0 Å². The van der Waals surface area contributed by atoms with Crippen LogP contribution in [0.1, 0.15) is 64.4 Å². The maximum atomic E-state index is 11.3. The molecule has 29 heavy (non-hydrogen) atoms. The Hall–Kier alpha value is -1.23. The zero-order valence-corrected chi connectivity index (χ0v) is 17.7. The van der Waals surface area contributed by atoms with E-state index in [-0.39, 0.29) is 35.6 Å². The van der Waals surface area contributed by atoms with Gasteiger partial charge in [0.25, 0.3) is 0 Å². The van der Waals surface area contributed by atoms with E-state index in [1.54, 1.807) is 6.20 Å². The Morgan fingerprint density at radius 1 is 1.14 bits per heavy atom. The average molecular weight is 398 g/mol. The van der Waals surface area contributed by atoms with E-state index in [4.69, 9.17) is 0 Å². The summed E-state index contributed by atoms with van der Waals surface area (Å²) in [6.07, 6.45) is 9.79. The average Bonchev–Trinajstić information content (AvgIpc) is 3.02. The first-order chi connectivity index (χ1) is 13.9.